The number of alkyl halides is 1. The highest BCUT2D eigenvalue weighted by Gasteiger charge is 2.28. The Labute approximate surface area is 134 Å². The summed E-state index contributed by atoms with van der Waals surface area (Å²) in [5.41, 5.74) is 0.816. The molecule has 0 bridgehead atoms. The van der Waals surface area contributed by atoms with Crippen molar-refractivity contribution in [3.8, 4) is 0 Å². The maximum atomic E-state index is 12.8. The number of rotatable bonds is 3. The molecule has 0 saturated carbocycles. The SMILES string of the molecule is CC1CCCN(S(=O)(=O)c2cc(CCl)ccc2Br)CC1. The van der Waals surface area contributed by atoms with E-state index in [4.69, 9.17) is 11.6 Å². The minimum Gasteiger partial charge on any atom is -0.207 e. The molecule has 1 heterocycles. The van der Waals surface area contributed by atoms with Crippen LogP contribution >= 0.6 is 27.5 Å². The van der Waals surface area contributed by atoms with E-state index in [1.165, 1.54) is 0 Å². The van der Waals surface area contributed by atoms with Gasteiger partial charge in [-0.05, 0) is 58.8 Å². The van der Waals surface area contributed by atoms with Gasteiger partial charge < -0.3 is 0 Å². The number of nitrogens with zero attached hydrogens (tertiary/aromatic N) is 1. The van der Waals surface area contributed by atoms with Crippen molar-refractivity contribution >= 4 is 37.6 Å². The van der Waals surface area contributed by atoms with Crippen LogP contribution < -0.4 is 0 Å². The first-order valence-corrected chi connectivity index (χ1v) is 9.56. The fraction of sp³-hybridized carbons (Fsp3) is 0.571. The van der Waals surface area contributed by atoms with Gasteiger partial charge in [0, 0.05) is 23.4 Å². The summed E-state index contributed by atoms with van der Waals surface area (Å²) >= 11 is 9.15. The van der Waals surface area contributed by atoms with Crippen LogP contribution in [0.5, 0.6) is 0 Å². The van der Waals surface area contributed by atoms with Crippen LogP contribution in [0.3, 0.4) is 0 Å². The molecule has 0 radical (unpaired) electrons. The number of hydrogen-bond donors (Lipinski definition) is 0. The summed E-state index contributed by atoms with van der Waals surface area (Å²) in [5, 5.41) is 0. The van der Waals surface area contributed by atoms with Crippen molar-refractivity contribution in [2.45, 2.75) is 37.0 Å². The van der Waals surface area contributed by atoms with Gasteiger partial charge in [0.05, 0.1) is 4.90 Å². The predicted molar refractivity (Wildman–Crippen MR) is 85.5 cm³/mol. The van der Waals surface area contributed by atoms with Gasteiger partial charge in [0.2, 0.25) is 10.0 Å². The Bertz CT molecular complexity index is 577. The molecule has 3 nitrogen and oxygen atoms in total. The van der Waals surface area contributed by atoms with E-state index in [-0.39, 0.29) is 0 Å². The Kier molecular flexibility index (Phi) is 5.51. The molecule has 0 aromatic heterocycles. The molecule has 1 aliphatic heterocycles. The molecule has 1 fully saturated rings. The van der Waals surface area contributed by atoms with E-state index in [9.17, 15) is 8.42 Å². The average Bonchev–Trinajstić information content (AvgIpc) is 2.64. The highest BCUT2D eigenvalue weighted by molar-refractivity contribution is 9.10. The third-order valence-electron chi connectivity index (χ3n) is 3.74. The van der Waals surface area contributed by atoms with Gasteiger partial charge in [-0.3, -0.25) is 0 Å². The van der Waals surface area contributed by atoms with Crippen molar-refractivity contribution in [3.05, 3.63) is 28.2 Å². The molecule has 1 unspecified atom stereocenters. The van der Waals surface area contributed by atoms with Crippen molar-refractivity contribution in [1.82, 2.24) is 4.31 Å². The van der Waals surface area contributed by atoms with Crippen molar-refractivity contribution in [2.75, 3.05) is 13.1 Å². The molecule has 1 aromatic rings. The second-order valence-electron chi connectivity index (χ2n) is 5.34. The van der Waals surface area contributed by atoms with Gasteiger partial charge in [-0.1, -0.05) is 13.0 Å². The standard InChI is InChI=1S/C14H19BrClNO2S/c1-11-3-2-7-17(8-6-11)20(18,19)14-9-12(10-16)4-5-13(14)15/h4-5,9,11H,2-3,6-8,10H2,1H3. The quantitative estimate of drug-likeness (QED) is 0.743. The highest BCUT2D eigenvalue weighted by Crippen LogP contribution is 2.29. The van der Waals surface area contributed by atoms with Crippen LogP contribution in [0, 0.1) is 5.92 Å². The molecule has 0 spiro atoms. The van der Waals surface area contributed by atoms with Gasteiger partial charge in [-0.25, -0.2) is 8.42 Å². The van der Waals surface area contributed by atoms with E-state index in [1.807, 2.05) is 6.07 Å². The van der Waals surface area contributed by atoms with Crippen LogP contribution in [0.15, 0.2) is 27.6 Å². The molecule has 2 rings (SSSR count). The lowest BCUT2D eigenvalue weighted by Gasteiger charge is -2.21. The van der Waals surface area contributed by atoms with Gasteiger partial charge in [0.1, 0.15) is 0 Å². The summed E-state index contributed by atoms with van der Waals surface area (Å²) in [6, 6.07) is 5.26. The molecule has 0 aliphatic carbocycles. The second kappa shape index (κ2) is 6.77. The summed E-state index contributed by atoms with van der Waals surface area (Å²) in [6.45, 7) is 3.38. The zero-order valence-corrected chi connectivity index (χ0v) is 14.6. The normalized spacial score (nSPS) is 21.6. The van der Waals surface area contributed by atoms with E-state index < -0.39 is 10.0 Å². The first kappa shape index (κ1) is 16.3. The first-order valence-electron chi connectivity index (χ1n) is 6.79. The lowest BCUT2D eigenvalue weighted by molar-refractivity contribution is 0.416. The molecule has 1 saturated heterocycles. The Morgan fingerprint density at radius 2 is 2.10 bits per heavy atom. The number of sulfonamides is 1. The minimum atomic E-state index is -3.44. The molecule has 0 amide bonds. The van der Waals surface area contributed by atoms with Gasteiger partial charge in [0.15, 0.2) is 0 Å². The third kappa shape index (κ3) is 3.56. The monoisotopic (exact) mass is 379 g/mol. The van der Waals surface area contributed by atoms with Crippen LogP contribution in [0.4, 0.5) is 0 Å². The maximum absolute atomic E-state index is 12.8. The Balaban J connectivity index is 2.34. The van der Waals surface area contributed by atoms with E-state index in [0.29, 0.717) is 34.3 Å². The molecular weight excluding hydrogens is 362 g/mol. The highest BCUT2D eigenvalue weighted by atomic mass is 79.9. The maximum Gasteiger partial charge on any atom is 0.244 e. The molecule has 112 valence electrons. The fourth-order valence-electron chi connectivity index (χ4n) is 2.44. The topological polar surface area (TPSA) is 37.4 Å². The van der Waals surface area contributed by atoms with Crippen molar-refractivity contribution in [1.29, 1.82) is 0 Å². The summed E-state index contributed by atoms with van der Waals surface area (Å²) in [7, 11) is -3.44. The Hall–Kier alpha value is -0.100. The first-order chi connectivity index (χ1) is 9.45. The van der Waals surface area contributed by atoms with Crippen LogP contribution in [0.1, 0.15) is 31.7 Å². The summed E-state index contributed by atoms with van der Waals surface area (Å²) in [6.07, 6.45) is 2.94. The van der Waals surface area contributed by atoms with Crippen LogP contribution in [-0.4, -0.2) is 25.8 Å². The summed E-state index contributed by atoms with van der Waals surface area (Å²) < 4.78 is 27.8. The Morgan fingerprint density at radius 1 is 1.35 bits per heavy atom. The van der Waals surface area contributed by atoms with Crippen molar-refractivity contribution < 1.29 is 8.42 Å². The van der Waals surface area contributed by atoms with Crippen LogP contribution in [-0.2, 0) is 15.9 Å². The zero-order valence-electron chi connectivity index (χ0n) is 11.5. The van der Waals surface area contributed by atoms with Crippen molar-refractivity contribution in [2.24, 2.45) is 5.92 Å². The Morgan fingerprint density at radius 3 is 2.80 bits per heavy atom. The van der Waals surface area contributed by atoms with Crippen LogP contribution in [0.25, 0.3) is 0 Å². The lowest BCUT2D eigenvalue weighted by Crippen LogP contribution is -2.32. The molecule has 1 aromatic carbocycles. The van der Waals surface area contributed by atoms with E-state index in [2.05, 4.69) is 22.9 Å². The largest absolute Gasteiger partial charge is 0.244 e. The molecule has 6 heteroatoms. The smallest absolute Gasteiger partial charge is 0.207 e. The summed E-state index contributed by atoms with van der Waals surface area (Å²) in [5.74, 6) is 0.903. The average molecular weight is 381 g/mol. The minimum absolute atomic E-state index is 0.312. The predicted octanol–water partition coefficient (Wildman–Crippen LogP) is 4.00. The number of benzene rings is 1. The van der Waals surface area contributed by atoms with E-state index in [0.717, 1.165) is 24.8 Å². The van der Waals surface area contributed by atoms with Crippen LogP contribution in [0.2, 0.25) is 0 Å². The molecule has 1 atom stereocenters. The third-order valence-corrected chi connectivity index (χ3v) is 6.94. The van der Waals surface area contributed by atoms with Gasteiger partial charge >= 0.3 is 0 Å². The van der Waals surface area contributed by atoms with E-state index >= 15 is 0 Å². The second-order valence-corrected chi connectivity index (χ2v) is 8.37. The van der Waals surface area contributed by atoms with E-state index in [1.54, 1.807) is 16.4 Å². The van der Waals surface area contributed by atoms with Crippen molar-refractivity contribution in [3.63, 3.8) is 0 Å². The molecule has 1 aliphatic rings. The number of halogens is 2. The molecular formula is C14H19BrClNO2S. The van der Waals surface area contributed by atoms with Gasteiger partial charge in [0.25, 0.3) is 0 Å². The number of hydrogen-bond acceptors (Lipinski definition) is 2. The summed E-state index contributed by atoms with van der Waals surface area (Å²) in [4.78, 5) is 0.324. The zero-order chi connectivity index (χ0) is 14.8. The molecule has 20 heavy (non-hydrogen) atoms. The molecule has 0 N–H and O–H groups in total. The van der Waals surface area contributed by atoms with Gasteiger partial charge in [-0.2, -0.15) is 4.31 Å². The van der Waals surface area contributed by atoms with Gasteiger partial charge in [-0.15, -0.1) is 11.6 Å². The lowest BCUT2D eigenvalue weighted by atomic mass is 10.0. The fourth-order valence-corrected chi connectivity index (χ4v) is 5.08.